The molecule has 1 aliphatic rings. The molecule has 1 heterocycles. The molecule has 1 aliphatic heterocycles. The van der Waals surface area contributed by atoms with Crippen LogP contribution in [0.5, 0.6) is 11.5 Å². The van der Waals surface area contributed by atoms with Crippen LogP contribution in [0, 0.1) is 0 Å². The Morgan fingerprint density at radius 2 is 1.74 bits per heavy atom. The third-order valence-corrected chi connectivity index (χ3v) is 6.82. The van der Waals surface area contributed by atoms with Crippen LogP contribution in [0.15, 0.2) is 41.3 Å². The number of amides is 1. The SMILES string of the molecule is CCOc1ccc(NC(=O)c2cc(S(=O)(=O)N3CCOCC3)ccc2Cl)cc1OCC. The summed E-state index contributed by atoms with van der Waals surface area (Å²) in [6, 6.07) is 9.12. The Morgan fingerprint density at radius 3 is 2.42 bits per heavy atom. The van der Waals surface area contributed by atoms with E-state index in [1.165, 1.54) is 22.5 Å². The molecular weight excluding hydrogens is 444 g/mol. The fraction of sp³-hybridized carbons (Fsp3) is 0.381. The number of nitrogens with one attached hydrogen (secondary N) is 1. The minimum Gasteiger partial charge on any atom is -0.490 e. The molecule has 2 aromatic rings. The van der Waals surface area contributed by atoms with Crippen molar-refractivity contribution in [2.24, 2.45) is 0 Å². The van der Waals surface area contributed by atoms with Crippen molar-refractivity contribution < 1.29 is 27.4 Å². The van der Waals surface area contributed by atoms with Crippen LogP contribution in [0.3, 0.4) is 0 Å². The van der Waals surface area contributed by atoms with Gasteiger partial charge in [0.05, 0.1) is 41.9 Å². The molecule has 0 atom stereocenters. The van der Waals surface area contributed by atoms with Crippen LogP contribution < -0.4 is 14.8 Å². The first kappa shape index (κ1) is 23.3. The second-order valence-electron chi connectivity index (χ2n) is 6.64. The van der Waals surface area contributed by atoms with Gasteiger partial charge in [0.25, 0.3) is 5.91 Å². The van der Waals surface area contributed by atoms with Crippen molar-refractivity contribution in [2.45, 2.75) is 18.7 Å². The fourth-order valence-corrected chi connectivity index (χ4v) is 4.74. The normalized spacial score (nSPS) is 14.8. The fourth-order valence-electron chi connectivity index (χ4n) is 3.10. The lowest BCUT2D eigenvalue weighted by atomic mass is 10.2. The van der Waals surface area contributed by atoms with Gasteiger partial charge in [-0.2, -0.15) is 4.31 Å². The van der Waals surface area contributed by atoms with E-state index < -0.39 is 15.9 Å². The van der Waals surface area contributed by atoms with Crippen LogP contribution in [0.25, 0.3) is 0 Å². The molecule has 1 amide bonds. The number of sulfonamides is 1. The second kappa shape index (κ2) is 10.3. The highest BCUT2D eigenvalue weighted by Gasteiger charge is 2.27. The van der Waals surface area contributed by atoms with E-state index >= 15 is 0 Å². The minimum atomic E-state index is -3.76. The van der Waals surface area contributed by atoms with Gasteiger partial charge >= 0.3 is 0 Å². The van der Waals surface area contributed by atoms with Crippen LogP contribution in [-0.2, 0) is 14.8 Å². The zero-order valence-corrected chi connectivity index (χ0v) is 19.0. The lowest BCUT2D eigenvalue weighted by molar-refractivity contribution is 0.0730. The summed E-state index contributed by atoms with van der Waals surface area (Å²) < 4.78 is 43.5. The summed E-state index contributed by atoms with van der Waals surface area (Å²) in [4.78, 5) is 12.9. The summed E-state index contributed by atoms with van der Waals surface area (Å²) in [5.74, 6) is 0.534. The van der Waals surface area contributed by atoms with Gasteiger partial charge in [-0.15, -0.1) is 0 Å². The van der Waals surface area contributed by atoms with Gasteiger partial charge in [-0.05, 0) is 44.2 Å². The van der Waals surface area contributed by atoms with Crippen molar-refractivity contribution >= 4 is 33.2 Å². The molecular formula is C21H25ClN2O6S. The molecule has 168 valence electrons. The summed E-state index contributed by atoms with van der Waals surface area (Å²) in [5, 5.41) is 2.89. The first-order valence-electron chi connectivity index (χ1n) is 9.95. The second-order valence-corrected chi connectivity index (χ2v) is 8.98. The highest BCUT2D eigenvalue weighted by molar-refractivity contribution is 7.89. The molecule has 3 rings (SSSR count). The molecule has 0 spiro atoms. The third kappa shape index (κ3) is 5.48. The number of nitrogens with zero attached hydrogens (tertiary/aromatic N) is 1. The minimum absolute atomic E-state index is 0.00523. The van der Waals surface area contributed by atoms with Gasteiger partial charge in [-0.1, -0.05) is 11.6 Å². The number of ether oxygens (including phenoxy) is 3. The average Bonchev–Trinajstić information content (AvgIpc) is 2.76. The predicted octanol–water partition coefficient (Wildman–Crippen LogP) is 3.41. The molecule has 8 nitrogen and oxygen atoms in total. The van der Waals surface area contributed by atoms with Gasteiger partial charge in [0, 0.05) is 24.8 Å². The molecule has 0 aromatic heterocycles. The van der Waals surface area contributed by atoms with E-state index in [-0.39, 0.29) is 28.6 Å². The van der Waals surface area contributed by atoms with Gasteiger partial charge in [0.15, 0.2) is 11.5 Å². The Morgan fingerprint density at radius 1 is 1.06 bits per heavy atom. The molecule has 1 fully saturated rings. The van der Waals surface area contributed by atoms with Crippen molar-refractivity contribution in [1.29, 1.82) is 0 Å². The summed E-state index contributed by atoms with van der Waals surface area (Å²) >= 11 is 6.21. The highest BCUT2D eigenvalue weighted by Crippen LogP contribution is 2.31. The molecule has 0 unspecified atom stereocenters. The van der Waals surface area contributed by atoms with Crippen molar-refractivity contribution in [1.82, 2.24) is 4.31 Å². The Kier molecular flexibility index (Phi) is 7.77. The Labute approximate surface area is 187 Å². The van der Waals surface area contributed by atoms with Crippen LogP contribution in [-0.4, -0.2) is 58.1 Å². The van der Waals surface area contributed by atoms with E-state index in [4.69, 9.17) is 25.8 Å². The van der Waals surface area contributed by atoms with Gasteiger partial charge in [0.2, 0.25) is 10.0 Å². The van der Waals surface area contributed by atoms with E-state index in [0.29, 0.717) is 43.6 Å². The molecule has 1 saturated heterocycles. The standard InChI is InChI=1S/C21H25ClN2O6S/c1-3-29-19-8-5-15(13-20(19)30-4-2)23-21(25)17-14-16(6-7-18(17)22)31(26,27)24-9-11-28-12-10-24/h5-8,13-14H,3-4,9-12H2,1-2H3,(H,23,25). The number of hydrogen-bond acceptors (Lipinski definition) is 6. The first-order chi connectivity index (χ1) is 14.9. The smallest absolute Gasteiger partial charge is 0.257 e. The number of carbonyl (C=O) groups is 1. The lowest BCUT2D eigenvalue weighted by Crippen LogP contribution is -2.40. The van der Waals surface area contributed by atoms with Gasteiger partial charge in [0.1, 0.15) is 0 Å². The molecule has 31 heavy (non-hydrogen) atoms. The molecule has 0 aliphatic carbocycles. The molecule has 0 saturated carbocycles. The van der Waals surface area contributed by atoms with Gasteiger partial charge in [-0.3, -0.25) is 4.79 Å². The lowest BCUT2D eigenvalue weighted by Gasteiger charge is -2.26. The first-order valence-corrected chi connectivity index (χ1v) is 11.8. The van der Waals surface area contributed by atoms with E-state index in [9.17, 15) is 13.2 Å². The average molecular weight is 469 g/mol. The summed E-state index contributed by atoms with van der Waals surface area (Å²) in [7, 11) is -3.76. The third-order valence-electron chi connectivity index (χ3n) is 4.59. The number of rotatable bonds is 8. The van der Waals surface area contributed by atoms with Gasteiger partial charge < -0.3 is 19.5 Å². The maximum absolute atomic E-state index is 12.9. The molecule has 0 radical (unpaired) electrons. The number of carbonyl (C=O) groups excluding carboxylic acids is 1. The zero-order chi connectivity index (χ0) is 22.4. The van der Waals surface area contributed by atoms with Crippen molar-refractivity contribution in [2.75, 3.05) is 44.8 Å². The highest BCUT2D eigenvalue weighted by atomic mass is 35.5. The maximum atomic E-state index is 12.9. The maximum Gasteiger partial charge on any atom is 0.257 e. The number of hydrogen-bond donors (Lipinski definition) is 1. The van der Waals surface area contributed by atoms with Crippen LogP contribution in [0.2, 0.25) is 5.02 Å². The van der Waals surface area contributed by atoms with Crippen LogP contribution in [0.4, 0.5) is 5.69 Å². The van der Waals surface area contributed by atoms with E-state index in [1.807, 2.05) is 13.8 Å². The molecule has 0 bridgehead atoms. The van der Waals surface area contributed by atoms with Crippen LogP contribution in [0.1, 0.15) is 24.2 Å². The van der Waals surface area contributed by atoms with E-state index in [2.05, 4.69) is 5.32 Å². The van der Waals surface area contributed by atoms with E-state index in [0.717, 1.165) is 0 Å². The van der Waals surface area contributed by atoms with Crippen molar-refractivity contribution in [3.8, 4) is 11.5 Å². The quantitative estimate of drug-likeness (QED) is 0.638. The Bertz CT molecular complexity index is 1040. The van der Waals surface area contributed by atoms with Gasteiger partial charge in [-0.25, -0.2) is 8.42 Å². The monoisotopic (exact) mass is 468 g/mol. The number of morpholine rings is 1. The van der Waals surface area contributed by atoms with Crippen molar-refractivity contribution in [3.05, 3.63) is 47.0 Å². The van der Waals surface area contributed by atoms with Crippen molar-refractivity contribution in [3.63, 3.8) is 0 Å². The molecule has 10 heteroatoms. The zero-order valence-electron chi connectivity index (χ0n) is 17.4. The largest absolute Gasteiger partial charge is 0.490 e. The molecule has 2 aromatic carbocycles. The van der Waals surface area contributed by atoms with Crippen LogP contribution >= 0.6 is 11.6 Å². The molecule has 1 N–H and O–H groups in total. The predicted molar refractivity (Wildman–Crippen MR) is 118 cm³/mol. The number of benzene rings is 2. The number of halogens is 1. The summed E-state index contributed by atoms with van der Waals surface area (Å²) in [5.41, 5.74) is 0.525. The summed E-state index contributed by atoms with van der Waals surface area (Å²) in [6.07, 6.45) is 0. The number of anilines is 1. The van der Waals surface area contributed by atoms with E-state index in [1.54, 1.807) is 18.2 Å². The topological polar surface area (TPSA) is 94.2 Å². The Balaban J connectivity index is 1.85. The Hall–Kier alpha value is -2.33. The summed E-state index contributed by atoms with van der Waals surface area (Å²) in [6.45, 7) is 5.82.